The highest BCUT2D eigenvalue weighted by atomic mass is 28.3. The lowest BCUT2D eigenvalue weighted by molar-refractivity contribution is -0.136. The molecule has 306 valence electrons. The van der Waals surface area contributed by atoms with Crippen molar-refractivity contribution in [1.82, 2.24) is 45.4 Å². The molecule has 2 aliphatic rings. The molecule has 0 spiro atoms. The van der Waals surface area contributed by atoms with Crippen LogP contribution in [0, 0.1) is 11.8 Å². The number of amides is 4. The summed E-state index contributed by atoms with van der Waals surface area (Å²) in [6.07, 6.45) is 4.64. The van der Waals surface area contributed by atoms with Crippen molar-refractivity contribution < 1.29 is 28.7 Å². The van der Waals surface area contributed by atoms with Gasteiger partial charge in [0.2, 0.25) is 11.8 Å². The average Bonchev–Trinajstić information content (AvgIpc) is 4.03. The van der Waals surface area contributed by atoms with E-state index in [9.17, 15) is 19.2 Å². The minimum absolute atomic E-state index is 0.116. The zero-order chi connectivity index (χ0) is 41.5. The Hall–Kier alpha value is -5.77. The van der Waals surface area contributed by atoms with Crippen LogP contribution in [0.1, 0.15) is 64.3 Å². The van der Waals surface area contributed by atoms with Gasteiger partial charge >= 0.3 is 12.2 Å². The van der Waals surface area contributed by atoms with Crippen molar-refractivity contribution in [1.29, 1.82) is 0 Å². The molecule has 16 heteroatoms. The van der Waals surface area contributed by atoms with Gasteiger partial charge in [-0.1, -0.05) is 59.0 Å². The second-order valence-corrected chi connectivity index (χ2v) is 21.9. The van der Waals surface area contributed by atoms with E-state index in [2.05, 4.69) is 51.9 Å². The van der Waals surface area contributed by atoms with Crippen LogP contribution in [0.15, 0.2) is 54.9 Å². The minimum atomic E-state index is -1.76. The number of alkyl carbamates (subject to hydrolysis) is 2. The first-order valence-electron chi connectivity index (χ1n) is 19.9. The number of ether oxygens (including phenoxy) is 2. The Morgan fingerprint density at radius 2 is 1.47 bits per heavy atom. The summed E-state index contributed by atoms with van der Waals surface area (Å²) in [6, 6.07) is 13.3. The van der Waals surface area contributed by atoms with E-state index in [0.717, 1.165) is 74.9 Å². The van der Waals surface area contributed by atoms with E-state index < -0.39 is 32.3 Å². The van der Waals surface area contributed by atoms with Crippen LogP contribution in [0.25, 0.3) is 44.3 Å². The highest BCUT2D eigenvalue weighted by molar-refractivity contribution is 6.78. The van der Waals surface area contributed by atoms with Gasteiger partial charge in [-0.05, 0) is 60.4 Å². The van der Waals surface area contributed by atoms with E-state index in [-0.39, 0.29) is 35.7 Å². The number of hydrogen-bond donors (Lipinski definition) is 4. The van der Waals surface area contributed by atoms with Crippen LogP contribution in [0.4, 0.5) is 9.59 Å². The Bertz CT molecular complexity index is 2340. The first-order chi connectivity index (χ1) is 27.7. The van der Waals surface area contributed by atoms with Gasteiger partial charge in [-0.2, -0.15) is 0 Å². The number of likely N-dealkylation sites (tertiary alicyclic amines) is 1. The molecule has 4 amide bonds. The number of aromatic amines is 2. The highest BCUT2D eigenvalue weighted by Gasteiger charge is 2.46. The van der Waals surface area contributed by atoms with Crippen LogP contribution in [0.2, 0.25) is 19.1 Å². The lowest BCUT2D eigenvalue weighted by Gasteiger charge is -2.30. The lowest BCUT2D eigenvalue weighted by Crippen LogP contribution is -2.52. The van der Waals surface area contributed by atoms with Crippen LogP contribution < -0.4 is 10.6 Å². The number of H-pyrrole nitrogens is 2. The van der Waals surface area contributed by atoms with Gasteiger partial charge in [-0.3, -0.25) is 14.6 Å². The van der Waals surface area contributed by atoms with Crippen LogP contribution >= 0.6 is 0 Å². The predicted molar refractivity (Wildman–Crippen MR) is 223 cm³/mol. The molecule has 2 aromatic carbocycles. The van der Waals surface area contributed by atoms with Crippen molar-refractivity contribution in [3.8, 4) is 22.5 Å². The van der Waals surface area contributed by atoms with E-state index in [1.54, 1.807) is 6.20 Å². The molecule has 0 bridgehead atoms. The standard InChI is InChI=1S/C42H53N9O6Si/c1-23(2)34(48-41(54)56-5)39(52)50-17-9-10-32(50)38-45-30-16-12-25-18-26(11-14-28(25)36(30)47-38)29-15-13-27(19-43-29)31-20-44-37(46-31)33-21-58(7,8)22-51(33)40(53)35(24(3)4)49-42(55)57-6/h11-16,18-20,23-24,32-35H,9-10,17,21-22H2,1-8H3,(H,44,46)(H,45,47)(H,48,54)(H,49,55)/t32-,33-,34-,35-/m0/s1. The molecule has 58 heavy (non-hydrogen) atoms. The second-order valence-electron chi connectivity index (χ2n) is 16.9. The number of hydrogen-bond acceptors (Lipinski definition) is 9. The zero-order valence-corrected chi connectivity index (χ0v) is 35.4. The maximum atomic E-state index is 13.9. The van der Waals surface area contributed by atoms with Crippen LogP contribution in [0.3, 0.4) is 0 Å². The predicted octanol–water partition coefficient (Wildman–Crippen LogP) is 6.72. The van der Waals surface area contributed by atoms with E-state index in [1.165, 1.54) is 14.2 Å². The fourth-order valence-corrected chi connectivity index (χ4v) is 11.2. The summed E-state index contributed by atoms with van der Waals surface area (Å²) in [5, 5.41) is 7.44. The number of imidazole rings is 2. The maximum Gasteiger partial charge on any atom is 0.407 e. The van der Waals surface area contributed by atoms with Gasteiger partial charge in [0.05, 0.1) is 63.0 Å². The van der Waals surface area contributed by atoms with Crippen molar-refractivity contribution >= 4 is 53.9 Å². The largest absolute Gasteiger partial charge is 0.453 e. The van der Waals surface area contributed by atoms with Gasteiger partial charge < -0.3 is 39.9 Å². The van der Waals surface area contributed by atoms with Gasteiger partial charge in [0.1, 0.15) is 23.7 Å². The molecule has 2 aliphatic heterocycles. The van der Waals surface area contributed by atoms with Crippen molar-refractivity contribution in [3.63, 3.8) is 0 Å². The number of methoxy groups -OCH3 is 2. The summed E-state index contributed by atoms with van der Waals surface area (Å²) in [6.45, 7) is 12.7. The smallest absolute Gasteiger partial charge is 0.407 e. The molecule has 5 heterocycles. The van der Waals surface area contributed by atoms with E-state index >= 15 is 0 Å². The van der Waals surface area contributed by atoms with E-state index in [1.807, 2.05) is 68.0 Å². The van der Waals surface area contributed by atoms with Crippen molar-refractivity contribution in [2.45, 2.75) is 83.8 Å². The summed E-state index contributed by atoms with van der Waals surface area (Å²) in [5.74, 6) is 0.935. The number of carbonyl (C=O) groups is 4. The van der Waals surface area contributed by atoms with Crippen molar-refractivity contribution in [3.05, 3.63) is 66.5 Å². The number of fused-ring (bicyclic) bond motifs is 3. The number of benzene rings is 2. The first kappa shape index (κ1) is 40.4. The SMILES string of the molecule is COC(=O)N[C@H](C(=O)N1C[Si](C)(C)C[C@H]1c1ncc(-c2ccc(-c3ccc4c(ccc5[nH]c([C@@H]6CCCN6C(=O)[C@@H](NC(=O)OC)C(C)C)nc54)c3)nc2)[nH]1)C(C)C. The maximum absolute atomic E-state index is 13.9. The molecule has 15 nitrogen and oxygen atoms in total. The molecular formula is C42H53N9O6Si. The summed E-state index contributed by atoms with van der Waals surface area (Å²) in [4.78, 5) is 76.9. The summed E-state index contributed by atoms with van der Waals surface area (Å²) in [7, 11) is 0.823. The minimum Gasteiger partial charge on any atom is -0.453 e. The third-order valence-electron chi connectivity index (χ3n) is 11.4. The number of nitrogens with one attached hydrogen (secondary N) is 4. The first-order valence-corrected chi connectivity index (χ1v) is 23.3. The molecule has 3 aromatic heterocycles. The number of pyridine rings is 1. The Morgan fingerprint density at radius 3 is 2.10 bits per heavy atom. The Balaban J connectivity index is 1.09. The highest BCUT2D eigenvalue weighted by Crippen LogP contribution is 2.39. The normalized spacial score (nSPS) is 18.9. The van der Waals surface area contributed by atoms with Crippen LogP contribution in [-0.4, -0.2) is 106 Å². The number of aromatic nitrogens is 5. The number of rotatable bonds is 10. The van der Waals surface area contributed by atoms with Crippen LogP contribution in [-0.2, 0) is 19.1 Å². The van der Waals surface area contributed by atoms with Crippen molar-refractivity contribution in [2.75, 3.05) is 26.9 Å². The molecule has 2 saturated heterocycles. The molecular weight excluding hydrogens is 755 g/mol. The molecule has 0 unspecified atom stereocenters. The summed E-state index contributed by atoms with van der Waals surface area (Å²) in [5.41, 5.74) is 5.16. The molecule has 4 atom stereocenters. The van der Waals surface area contributed by atoms with Gasteiger partial charge in [-0.15, -0.1) is 0 Å². The van der Waals surface area contributed by atoms with Gasteiger partial charge in [0, 0.05) is 35.4 Å². The zero-order valence-electron chi connectivity index (χ0n) is 34.4. The van der Waals surface area contributed by atoms with E-state index in [0.29, 0.717) is 12.7 Å². The van der Waals surface area contributed by atoms with Gasteiger partial charge in [-0.25, -0.2) is 19.6 Å². The molecule has 0 radical (unpaired) electrons. The third kappa shape index (κ3) is 8.02. The van der Waals surface area contributed by atoms with Crippen molar-refractivity contribution in [2.24, 2.45) is 11.8 Å². The number of carbonyl (C=O) groups excluding carboxylic acids is 4. The molecule has 5 aromatic rings. The molecule has 0 saturated carbocycles. The molecule has 2 fully saturated rings. The summed E-state index contributed by atoms with van der Waals surface area (Å²) >= 11 is 0. The number of nitrogens with zero attached hydrogens (tertiary/aromatic N) is 5. The molecule has 4 N–H and O–H groups in total. The average molecular weight is 808 g/mol. The van der Waals surface area contributed by atoms with Crippen LogP contribution in [0.5, 0.6) is 0 Å². The summed E-state index contributed by atoms with van der Waals surface area (Å²) < 4.78 is 9.59. The fraction of sp³-hybridized carbons (Fsp3) is 0.452. The lowest BCUT2D eigenvalue weighted by atomic mass is 10.0. The quantitative estimate of drug-likeness (QED) is 0.111. The second kappa shape index (κ2) is 16.2. The Morgan fingerprint density at radius 1 is 0.793 bits per heavy atom. The fourth-order valence-electron chi connectivity index (χ4n) is 8.33. The van der Waals surface area contributed by atoms with Gasteiger partial charge in [0.15, 0.2) is 0 Å². The third-order valence-corrected chi connectivity index (χ3v) is 14.1. The van der Waals surface area contributed by atoms with E-state index in [4.69, 9.17) is 24.4 Å². The Labute approximate surface area is 338 Å². The Kier molecular flexibility index (Phi) is 11.3. The monoisotopic (exact) mass is 807 g/mol. The molecule has 0 aliphatic carbocycles. The van der Waals surface area contributed by atoms with Gasteiger partial charge in [0.25, 0.3) is 0 Å². The topological polar surface area (TPSA) is 188 Å². The molecule has 7 rings (SSSR count).